The molecule has 1 saturated carbocycles. The van der Waals surface area contributed by atoms with Crippen molar-refractivity contribution in [2.45, 2.75) is 18.9 Å². The zero-order valence-corrected chi connectivity index (χ0v) is 18.0. The number of nitrogens with one attached hydrogen (secondary N) is 2. The Balaban J connectivity index is 1.32. The molecule has 2 aromatic heterocycles. The molecule has 0 bridgehead atoms. The van der Waals surface area contributed by atoms with Gasteiger partial charge in [0.25, 0.3) is 0 Å². The molecular weight excluding hydrogens is 402 g/mol. The van der Waals surface area contributed by atoms with E-state index in [2.05, 4.69) is 32.2 Å². The van der Waals surface area contributed by atoms with Crippen LogP contribution in [0.2, 0.25) is 0 Å². The second-order valence-electron chi connectivity index (χ2n) is 8.71. The lowest BCUT2D eigenvalue weighted by molar-refractivity contribution is 0.374. The van der Waals surface area contributed by atoms with Gasteiger partial charge in [0.2, 0.25) is 5.88 Å². The number of anilines is 2. The predicted octanol–water partition coefficient (Wildman–Crippen LogP) is 3.41. The van der Waals surface area contributed by atoms with Crippen molar-refractivity contribution in [2.75, 3.05) is 31.2 Å². The molecule has 0 amide bonds. The Labute approximate surface area is 187 Å². The van der Waals surface area contributed by atoms with Crippen LogP contribution in [0.25, 0.3) is 0 Å². The van der Waals surface area contributed by atoms with Crippen LogP contribution in [0.5, 0.6) is 11.6 Å². The molecule has 0 spiro atoms. The fourth-order valence-electron chi connectivity index (χ4n) is 4.96. The molecule has 1 aliphatic heterocycles. The van der Waals surface area contributed by atoms with Crippen molar-refractivity contribution >= 4 is 17.3 Å². The van der Waals surface area contributed by atoms with Crippen molar-refractivity contribution in [2.24, 2.45) is 11.8 Å². The minimum absolute atomic E-state index is 0.285. The van der Waals surface area contributed by atoms with Gasteiger partial charge < -0.3 is 20.7 Å². The van der Waals surface area contributed by atoms with Crippen molar-refractivity contribution in [3.63, 3.8) is 0 Å². The summed E-state index contributed by atoms with van der Waals surface area (Å²) < 4.78 is 5.75. The number of aromatic nitrogens is 3. The summed E-state index contributed by atoms with van der Waals surface area (Å²) >= 11 is 0. The third-order valence-electron chi connectivity index (χ3n) is 6.40. The maximum atomic E-state index is 8.81. The average Bonchev–Trinajstić information content (AvgIpc) is 3.31. The minimum Gasteiger partial charge on any atom is -0.439 e. The first-order valence-corrected chi connectivity index (χ1v) is 10.9. The number of fused-ring (bicyclic) bond motifs is 1. The molecule has 4 N–H and O–H groups in total. The van der Waals surface area contributed by atoms with Gasteiger partial charge in [0.05, 0.1) is 11.3 Å². The van der Waals surface area contributed by atoms with Gasteiger partial charge in [0.15, 0.2) is 0 Å². The van der Waals surface area contributed by atoms with Gasteiger partial charge in [-0.05, 0) is 62.1 Å². The number of nitrogens with zero attached hydrogens (tertiary/aromatic N) is 4. The van der Waals surface area contributed by atoms with E-state index < -0.39 is 0 Å². The number of ether oxygens (including phenoxy) is 1. The summed E-state index contributed by atoms with van der Waals surface area (Å²) in [5, 5.41) is 12.4. The summed E-state index contributed by atoms with van der Waals surface area (Å²) in [5.74, 6) is 3.57. The lowest BCUT2D eigenvalue weighted by Crippen LogP contribution is -2.24. The van der Waals surface area contributed by atoms with Crippen LogP contribution >= 0.6 is 0 Å². The van der Waals surface area contributed by atoms with Gasteiger partial charge in [0, 0.05) is 37.0 Å². The van der Waals surface area contributed by atoms with Gasteiger partial charge in [-0.3, -0.25) is 5.41 Å². The summed E-state index contributed by atoms with van der Waals surface area (Å²) in [5.41, 5.74) is 7.75. The molecule has 2 aliphatic rings. The highest BCUT2D eigenvalue weighted by Gasteiger charge is 2.40. The van der Waals surface area contributed by atoms with Gasteiger partial charge in [-0.1, -0.05) is 6.07 Å². The first kappa shape index (κ1) is 20.4. The van der Waals surface area contributed by atoms with Crippen LogP contribution in [-0.4, -0.2) is 51.7 Å². The number of hydrogen-bond donors (Lipinski definition) is 3. The summed E-state index contributed by atoms with van der Waals surface area (Å²) in [6, 6.07) is 13.2. The molecule has 2 atom stereocenters. The molecule has 1 aliphatic carbocycles. The van der Waals surface area contributed by atoms with E-state index >= 15 is 0 Å². The van der Waals surface area contributed by atoms with E-state index in [1.807, 2.05) is 36.4 Å². The highest BCUT2D eigenvalue weighted by Crippen LogP contribution is 2.39. The van der Waals surface area contributed by atoms with E-state index in [1.165, 1.54) is 6.33 Å². The Morgan fingerprint density at radius 1 is 1.06 bits per heavy atom. The molecule has 3 aromatic rings. The van der Waals surface area contributed by atoms with Crippen molar-refractivity contribution in [3.8, 4) is 11.6 Å². The molecule has 8 nitrogen and oxygen atoms in total. The van der Waals surface area contributed by atoms with Gasteiger partial charge in [-0.15, -0.1) is 0 Å². The second kappa shape index (κ2) is 8.55. The quantitative estimate of drug-likeness (QED) is 0.515. The Morgan fingerprint density at radius 2 is 1.81 bits per heavy atom. The maximum Gasteiger partial charge on any atom is 0.219 e. The third kappa shape index (κ3) is 4.13. The number of nitrogens with two attached hydrogens (primary N) is 1. The Morgan fingerprint density at radius 3 is 2.50 bits per heavy atom. The lowest BCUT2D eigenvalue weighted by atomic mass is 10.0. The smallest absolute Gasteiger partial charge is 0.219 e. The summed E-state index contributed by atoms with van der Waals surface area (Å²) in [4.78, 5) is 15.2. The van der Waals surface area contributed by atoms with E-state index in [0.717, 1.165) is 37.8 Å². The van der Waals surface area contributed by atoms with E-state index in [9.17, 15) is 0 Å². The van der Waals surface area contributed by atoms with Crippen molar-refractivity contribution in [1.82, 2.24) is 19.9 Å². The molecule has 0 radical (unpaired) electrons. The summed E-state index contributed by atoms with van der Waals surface area (Å²) in [7, 11) is 2.19. The fraction of sp³-hybridized carbons (Fsp3) is 0.333. The van der Waals surface area contributed by atoms with Crippen molar-refractivity contribution < 1.29 is 4.74 Å². The van der Waals surface area contributed by atoms with Crippen molar-refractivity contribution in [3.05, 3.63) is 66.1 Å². The highest BCUT2D eigenvalue weighted by molar-refractivity contribution is 6.16. The standard InChI is InChI=1S/C24H27N7O/c1-31-12-16-10-18(11-17(16)13-31)30-24-21(23(26)28-14-29-24)22(25)15-5-7-19(8-6-15)32-20-4-2-3-9-27-20/h2-9,14,16-18,25H,10-13H2,1H3,(H3,26,28,29,30). The highest BCUT2D eigenvalue weighted by atomic mass is 16.5. The topological polar surface area (TPSA) is 113 Å². The fourth-order valence-corrected chi connectivity index (χ4v) is 4.96. The molecule has 1 saturated heterocycles. The molecular formula is C24H27N7O. The summed E-state index contributed by atoms with van der Waals surface area (Å²) in [6.45, 7) is 2.31. The molecule has 8 heteroatoms. The molecule has 164 valence electrons. The Bertz CT molecular complexity index is 1090. The molecule has 2 fully saturated rings. The maximum absolute atomic E-state index is 8.81. The van der Waals surface area contributed by atoms with Crippen LogP contribution < -0.4 is 15.8 Å². The van der Waals surface area contributed by atoms with Crippen LogP contribution in [0, 0.1) is 17.2 Å². The predicted molar refractivity (Wildman–Crippen MR) is 124 cm³/mol. The van der Waals surface area contributed by atoms with Crippen LogP contribution in [0.1, 0.15) is 24.0 Å². The monoisotopic (exact) mass is 429 g/mol. The Kier molecular flexibility index (Phi) is 5.45. The normalized spacial score (nSPS) is 22.5. The molecule has 3 heterocycles. The molecule has 2 unspecified atom stereocenters. The molecule has 5 rings (SSSR count). The van der Waals surface area contributed by atoms with E-state index in [1.54, 1.807) is 12.3 Å². The zero-order chi connectivity index (χ0) is 22.1. The molecule has 32 heavy (non-hydrogen) atoms. The van der Waals surface area contributed by atoms with Gasteiger partial charge >= 0.3 is 0 Å². The number of nitrogen functional groups attached to an aromatic ring is 1. The van der Waals surface area contributed by atoms with E-state index in [4.69, 9.17) is 15.9 Å². The number of hydrogen-bond acceptors (Lipinski definition) is 8. The number of rotatable bonds is 6. The zero-order valence-electron chi connectivity index (χ0n) is 18.0. The third-order valence-corrected chi connectivity index (χ3v) is 6.40. The number of likely N-dealkylation sites (tertiary alicyclic amines) is 1. The van der Waals surface area contributed by atoms with Gasteiger partial charge in [0.1, 0.15) is 23.7 Å². The van der Waals surface area contributed by atoms with Crippen LogP contribution in [0.4, 0.5) is 11.6 Å². The SMILES string of the molecule is CN1CC2CC(Nc3ncnc(N)c3C(=N)c3ccc(Oc4ccccn4)cc3)CC2C1. The largest absolute Gasteiger partial charge is 0.439 e. The van der Waals surface area contributed by atoms with Crippen LogP contribution in [-0.2, 0) is 0 Å². The van der Waals surface area contributed by atoms with Gasteiger partial charge in [-0.2, -0.15) is 0 Å². The van der Waals surface area contributed by atoms with Crippen LogP contribution in [0.15, 0.2) is 55.0 Å². The van der Waals surface area contributed by atoms with Crippen LogP contribution in [0.3, 0.4) is 0 Å². The first-order chi connectivity index (χ1) is 15.6. The number of benzene rings is 1. The molecule has 1 aromatic carbocycles. The average molecular weight is 430 g/mol. The Hall–Kier alpha value is -3.52. The van der Waals surface area contributed by atoms with Gasteiger partial charge in [-0.25, -0.2) is 15.0 Å². The van der Waals surface area contributed by atoms with Crippen molar-refractivity contribution in [1.29, 1.82) is 5.41 Å². The minimum atomic E-state index is 0.285. The van der Waals surface area contributed by atoms with E-state index in [0.29, 0.717) is 40.4 Å². The lowest BCUT2D eigenvalue weighted by Gasteiger charge is -2.19. The summed E-state index contributed by atoms with van der Waals surface area (Å²) in [6.07, 6.45) is 5.38. The van der Waals surface area contributed by atoms with E-state index in [-0.39, 0.29) is 5.71 Å². The number of pyridine rings is 1. The second-order valence-corrected chi connectivity index (χ2v) is 8.71. The first-order valence-electron chi connectivity index (χ1n) is 10.9.